The lowest BCUT2D eigenvalue weighted by Crippen LogP contribution is -2.13. The van der Waals surface area contributed by atoms with Gasteiger partial charge in [-0.25, -0.2) is 0 Å². The van der Waals surface area contributed by atoms with Crippen molar-refractivity contribution in [1.29, 1.82) is 5.26 Å². The smallest absolute Gasteiger partial charge is 0.0991 e. The maximum Gasteiger partial charge on any atom is 0.0991 e. The van der Waals surface area contributed by atoms with E-state index in [2.05, 4.69) is 24.3 Å². The van der Waals surface area contributed by atoms with E-state index >= 15 is 0 Å². The molecule has 1 fully saturated rings. The summed E-state index contributed by atoms with van der Waals surface area (Å²) in [5, 5.41) is 8.79. The SMILES string of the molecule is N#Cc1ccc(CC[C@H]2CC[C@H](/C=C/CCF)CC2)cc1. The van der Waals surface area contributed by atoms with Crippen LogP contribution in [-0.2, 0) is 6.42 Å². The highest BCUT2D eigenvalue weighted by Gasteiger charge is 2.19. The highest BCUT2D eigenvalue weighted by atomic mass is 19.1. The predicted octanol–water partition coefficient (Wildman–Crippen LogP) is 5.21. The lowest BCUT2D eigenvalue weighted by molar-refractivity contribution is 0.296. The number of aryl methyl sites for hydroxylation is 1. The monoisotopic (exact) mass is 285 g/mol. The highest BCUT2D eigenvalue weighted by molar-refractivity contribution is 5.31. The number of halogens is 1. The average molecular weight is 285 g/mol. The molecule has 0 N–H and O–H groups in total. The first-order valence-electron chi connectivity index (χ1n) is 8.03. The summed E-state index contributed by atoms with van der Waals surface area (Å²) in [6.45, 7) is -0.240. The number of hydrogen-bond acceptors (Lipinski definition) is 1. The molecule has 0 aliphatic heterocycles. The van der Waals surface area contributed by atoms with Gasteiger partial charge >= 0.3 is 0 Å². The fraction of sp³-hybridized carbons (Fsp3) is 0.526. The van der Waals surface area contributed by atoms with Crippen LogP contribution in [0.4, 0.5) is 4.39 Å². The standard InChI is InChI=1S/C19H24FN/c20-14-2-1-3-16-4-6-17(7-5-16)8-9-18-10-12-19(15-21)13-11-18/h1,3,10-13,16-17H,2,4-9,14H2/b3-1+/t16-,17-. The van der Waals surface area contributed by atoms with Crippen LogP contribution in [0, 0.1) is 23.2 Å². The number of benzene rings is 1. The molecule has 0 unspecified atom stereocenters. The summed E-state index contributed by atoms with van der Waals surface area (Å²) in [4.78, 5) is 0. The molecule has 2 heteroatoms. The van der Waals surface area contributed by atoms with Gasteiger partial charge in [-0.05, 0) is 74.5 Å². The van der Waals surface area contributed by atoms with E-state index in [9.17, 15) is 4.39 Å². The molecule has 1 aliphatic carbocycles. The minimum absolute atomic E-state index is 0.240. The van der Waals surface area contributed by atoms with Crippen molar-refractivity contribution in [2.24, 2.45) is 11.8 Å². The zero-order chi connectivity index (χ0) is 14.9. The van der Waals surface area contributed by atoms with Crippen LogP contribution in [0.1, 0.15) is 49.7 Å². The van der Waals surface area contributed by atoms with E-state index in [0.29, 0.717) is 12.3 Å². The van der Waals surface area contributed by atoms with Crippen molar-refractivity contribution in [2.75, 3.05) is 6.67 Å². The second-order valence-corrected chi connectivity index (χ2v) is 6.03. The molecule has 112 valence electrons. The Hall–Kier alpha value is -1.62. The van der Waals surface area contributed by atoms with E-state index in [4.69, 9.17) is 5.26 Å². The third-order valence-electron chi connectivity index (χ3n) is 4.50. The maximum absolute atomic E-state index is 12.0. The molecule has 0 heterocycles. The van der Waals surface area contributed by atoms with Gasteiger partial charge in [-0.3, -0.25) is 4.39 Å². The van der Waals surface area contributed by atoms with Gasteiger partial charge < -0.3 is 0 Å². The van der Waals surface area contributed by atoms with Gasteiger partial charge in [0, 0.05) is 0 Å². The molecule has 0 aromatic heterocycles. The quantitative estimate of drug-likeness (QED) is 0.658. The lowest BCUT2D eigenvalue weighted by Gasteiger charge is -2.26. The summed E-state index contributed by atoms with van der Waals surface area (Å²) < 4.78 is 12.0. The van der Waals surface area contributed by atoms with Crippen LogP contribution in [0.3, 0.4) is 0 Å². The summed E-state index contributed by atoms with van der Waals surface area (Å²) in [6.07, 6.45) is 12.2. The van der Waals surface area contributed by atoms with Gasteiger partial charge in [0.2, 0.25) is 0 Å². The first-order valence-corrected chi connectivity index (χ1v) is 8.03. The van der Waals surface area contributed by atoms with Crippen molar-refractivity contribution in [2.45, 2.75) is 44.9 Å². The minimum atomic E-state index is -0.240. The Bertz CT molecular complexity index is 475. The Morgan fingerprint density at radius 3 is 2.48 bits per heavy atom. The van der Waals surface area contributed by atoms with Gasteiger partial charge in [-0.1, -0.05) is 24.3 Å². The number of allylic oxidation sites excluding steroid dienone is 2. The largest absolute Gasteiger partial charge is 0.251 e. The van der Waals surface area contributed by atoms with Crippen molar-refractivity contribution in [3.8, 4) is 6.07 Å². The van der Waals surface area contributed by atoms with Crippen LogP contribution in [-0.4, -0.2) is 6.67 Å². The van der Waals surface area contributed by atoms with Crippen LogP contribution in [0.5, 0.6) is 0 Å². The van der Waals surface area contributed by atoms with Crippen molar-refractivity contribution in [3.05, 3.63) is 47.5 Å². The van der Waals surface area contributed by atoms with Gasteiger partial charge in [0.25, 0.3) is 0 Å². The molecule has 1 nitrogen and oxygen atoms in total. The Labute approximate surface area is 127 Å². The molecule has 0 spiro atoms. The lowest BCUT2D eigenvalue weighted by atomic mass is 9.79. The average Bonchev–Trinajstić information content (AvgIpc) is 2.55. The molecule has 0 radical (unpaired) electrons. The van der Waals surface area contributed by atoms with Gasteiger partial charge in [-0.15, -0.1) is 0 Å². The van der Waals surface area contributed by atoms with E-state index in [1.807, 2.05) is 18.2 Å². The van der Waals surface area contributed by atoms with Gasteiger partial charge in [0.1, 0.15) is 0 Å². The van der Waals surface area contributed by atoms with E-state index in [1.165, 1.54) is 37.7 Å². The zero-order valence-electron chi connectivity index (χ0n) is 12.6. The molecule has 21 heavy (non-hydrogen) atoms. The molecule has 0 amide bonds. The van der Waals surface area contributed by atoms with Crippen LogP contribution >= 0.6 is 0 Å². The van der Waals surface area contributed by atoms with Gasteiger partial charge in [0.15, 0.2) is 0 Å². The van der Waals surface area contributed by atoms with E-state index in [0.717, 1.165) is 17.9 Å². The molecule has 1 aliphatic rings. The summed E-state index contributed by atoms with van der Waals surface area (Å²) in [5.74, 6) is 1.49. The Balaban J connectivity index is 1.70. The van der Waals surface area contributed by atoms with E-state index in [-0.39, 0.29) is 6.67 Å². The second-order valence-electron chi connectivity index (χ2n) is 6.03. The van der Waals surface area contributed by atoms with Crippen molar-refractivity contribution in [1.82, 2.24) is 0 Å². The van der Waals surface area contributed by atoms with Crippen molar-refractivity contribution in [3.63, 3.8) is 0 Å². The second kappa shape index (κ2) is 8.62. The zero-order valence-corrected chi connectivity index (χ0v) is 12.6. The maximum atomic E-state index is 12.0. The topological polar surface area (TPSA) is 23.8 Å². The normalized spacial score (nSPS) is 22.3. The molecule has 1 saturated carbocycles. The number of hydrogen-bond donors (Lipinski definition) is 0. The highest BCUT2D eigenvalue weighted by Crippen LogP contribution is 2.32. The van der Waals surface area contributed by atoms with E-state index < -0.39 is 0 Å². The Morgan fingerprint density at radius 2 is 1.86 bits per heavy atom. The van der Waals surface area contributed by atoms with Crippen LogP contribution in [0.15, 0.2) is 36.4 Å². The van der Waals surface area contributed by atoms with Gasteiger partial charge in [-0.2, -0.15) is 5.26 Å². The molecular weight excluding hydrogens is 261 g/mol. The summed E-state index contributed by atoms with van der Waals surface area (Å²) in [7, 11) is 0. The predicted molar refractivity (Wildman–Crippen MR) is 84.7 cm³/mol. The Kier molecular flexibility index (Phi) is 6.47. The summed E-state index contributed by atoms with van der Waals surface area (Å²) in [5.41, 5.74) is 2.07. The molecule has 1 aromatic carbocycles. The number of nitriles is 1. The van der Waals surface area contributed by atoms with Crippen LogP contribution in [0.2, 0.25) is 0 Å². The van der Waals surface area contributed by atoms with Crippen molar-refractivity contribution < 1.29 is 4.39 Å². The fourth-order valence-electron chi connectivity index (χ4n) is 3.14. The first-order chi connectivity index (χ1) is 10.3. The Morgan fingerprint density at radius 1 is 1.14 bits per heavy atom. The third-order valence-corrected chi connectivity index (χ3v) is 4.50. The molecule has 2 rings (SSSR count). The van der Waals surface area contributed by atoms with Crippen molar-refractivity contribution >= 4 is 0 Å². The summed E-state index contributed by atoms with van der Waals surface area (Å²) in [6, 6.07) is 10.1. The minimum Gasteiger partial charge on any atom is -0.251 e. The number of alkyl halides is 1. The summed E-state index contributed by atoms with van der Waals surface area (Å²) >= 11 is 0. The molecule has 0 saturated heterocycles. The van der Waals surface area contributed by atoms with Gasteiger partial charge in [0.05, 0.1) is 18.3 Å². The molecule has 0 atom stereocenters. The number of rotatable bonds is 6. The van der Waals surface area contributed by atoms with Crippen LogP contribution < -0.4 is 0 Å². The molecular formula is C19H24FN. The molecule has 1 aromatic rings. The fourth-order valence-corrected chi connectivity index (χ4v) is 3.14. The van der Waals surface area contributed by atoms with E-state index in [1.54, 1.807) is 0 Å². The molecule has 0 bridgehead atoms. The first kappa shape index (κ1) is 15.8. The number of nitrogens with zero attached hydrogens (tertiary/aromatic N) is 1. The third kappa shape index (κ3) is 5.34. The van der Waals surface area contributed by atoms with Crippen LogP contribution in [0.25, 0.3) is 0 Å².